The Labute approximate surface area is 105 Å². The van der Waals surface area contributed by atoms with E-state index in [9.17, 15) is 13.2 Å². The van der Waals surface area contributed by atoms with E-state index in [1.54, 1.807) is 0 Å². The van der Waals surface area contributed by atoms with Crippen LogP contribution >= 0.6 is 0 Å². The first kappa shape index (κ1) is 15.0. The second-order valence-electron chi connectivity index (χ2n) is 4.61. The summed E-state index contributed by atoms with van der Waals surface area (Å²) < 4.78 is 37.3. The van der Waals surface area contributed by atoms with Crippen molar-refractivity contribution in [3.63, 3.8) is 0 Å². The first-order chi connectivity index (χ1) is 8.34. The molecule has 0 saturated carbocycles. The molecule has 2 unspecified atom stereocenters. The lowest BCUT2D eigenvalue weighted by Gasteiger charge is -2.19. The van der Waals surface area contributed by atoms with Gasteiger partial charge in [-0.25, -0.2) is 0 Å². The van der Waals surface area contributed by atoms with Gasteiger partial charge in [0.05, 0.1) is 5.56 Å². The zero-order chi connectivity index (χ0) is 13.8. The van der Waals surface area contributed by atoms with Crippen LogP contribution in [0.15, 0.2) is 24.3 Å². The number of rotatable bonds is 5. The molecule has 0 radical (unpaired) electrons. The van der Waals surface area contributed by atoms with Crippen LogP contribution in [0.1, 0.15) is 36.8 Å². The van der Waals surface area contributed by atoms with Crippen molar-refractivity contribution in [1.82, 2.24) is 0 Å². The molecule has 1 rings (SSSR count). The third kappa shape index (κ3) is 4.31. The van der Waals surface area contributed by atoms with Crippen LogP contribution in [0.25, 0.3) is 0 Å². The van der Waals surface area contributed by atoms with E-state index in [4.69, 9.17) is 11.5 Å². The maximum absolute atomic E-state index is 12.4. The number of nitrogens with two attached hydrogens (primary N) is 2. The van der Waals surface area contributed by atoms with Crippen molar-refractivity contribution >= 4 is 0 Å². The Kier molecular flexibility index (Phi) is 5.16. The zero-order valence-electron chi connectivity index (χ0n) is 10.4. The Balaban J connectivity index is 2.86. The quantitative estimate of drug-likeness (QED) is 0.855. The van der Waals surface area contributed by atoms with Gasteiger partial charge in [-0.05, 0) is 49.9 Å². The number of halogens is 3. The highest BCUT2D eigenvalue weighted by Crippen LogP contribution is 2.31. The second-order valence-corrected chi connectivity index (χ2v) is 4.61. The van der Waals surface area contributed by atoms with Crippen LogP contribution in [0.5, 0.6) is 0 Å². The van der Waals surface area contributed by atoms with Crippen molar-refractivity contribution in [2.45, 2.75) is 37.9 Å². The molecule has 4 N–H and O–H groups in total. The molecule has 0 aromatic heterocycles. The van der Waals surface area contributed by atoms with Gasteiger partial charge in [-0.2, -0.15) is 13.2 Å². The lowest BCUT2D eigenvalue weighted by Crippen LogP contribution is -2.20. The Morgan fingerprint density at radius 2 is 1.72 bits per heavy atom. The van der Waals surface area contributed by atoms with Crippen molar-refractivity contribution in [3.05, 3.63) is 35.4 Å². The van der Waals surface area contributed by atoms with E-state index in [0.29, 0.717) is 6.54 Å². The zero-order valence-corrected chi connectivity index (χ0v) is 10.4. The monoisotopic (exact) mass is 260 g/mol. The summed E-state index contributed by atoms with van der Waals surface area (Å²) in [5, 5.41) is 0. The van der Waals surface area contributed by atoms with Crippen LogP contribution < -0.4 is 11.5 Å². The van der Waals surface area contributed by atoms with E-state index in [0.717, 1.165) is 30.5 Å². The molecule has 0 bridgehead atoms. The molecule has 0 aliphatic heterocycles. The molecule has 0 heterocycles. The molecule has 2 atom stereocenters. The van der Waals surface area contributed by atoms with Gasteiger partial charge in [-0.1, -0.05) is 12.1 Å². The predicted molar refractivity (Wildman–Crippen MR) is 66.1 cm³/mol. The summed E-state index contributed by atoms with van der Waals surface area (Å²) in [7, 11) is 0. The van der Waals surface area contributed by atoms with Crippen molar-refractivity contribution < 1.29 is 13.2 Å². The second kappa shape index (κ2) is 6.20. The average molecular weight is 260 g/mol. The van der Waals surface area contributed by atoms with Crippen molar-refractivity contribution in [1.29, 1.82) is 0 Å². The fraction of sp³-hybridized carbons (Fsp3) is 0.538. The normalized spacial score (nSPS) is 15.4. The third-order valence-corrected chi connectivity index (χ3v) is 2.88. The first-order valence-electron chi connectivity index (χ1n) is 5.97. The third-order valence-electron chi connectivity index (χ3n) is 2.88. The maximum Gasteiger partial charge on any atom is 0.416 e. The van der Waals surface area contributed by atoms with Crippen molar-refractivity contribution in [2.24, 2.45) is 11.5 Å². The average Bonchev–Trinajstić information content (AvgIpc) is 2.27. The van der Waals surface area contributed by atoms with Gasteiger partial charge in [0.15, 0.2) is 0 Å². The van der Waals surface area contributed by atoms with E-state index < -0.39 is 11.7 Å². The van der Waals surface area contributed by atoms with Crippen LogP contribution in [0.2, 0.25) is 0 Å². The Bertz CT molecular complexity index is 357. The van der Waals surface area contributed by atoms with E-state index in [1.807, 2.05) is 6.92 Å². The lowest BCUT2D eigenvalue weighted by atomic mass is 9.89. The van der Waals surface area contributed by atoms with Crippen LogP contribution in [0, 0.1) is 0 Å². The van der Waals surface area contributed by atoms with Gasteiger partial charge in [0.1, 0.15) is 0 Å². The van der Waals surface area contributed by atoms with Gasteiger partial charge in [-0.3, -0.25) is 0 Å². The lowest BCUT2D eigenvalue weighted by molar-refractivity contribution is -0.137. The molecule has 0 aliphatic rings. The summed E-state index contributed by atoms with van der Waals surface area (Å²) in [6.07, 6.45) is -2.83. The van der Waals surface area contributed by atoms with Gasteiger partial charge >= 0.3 is 6.18 Å². The number of hydrogen-bond acceptors (Lipinski definition) is 2. The Morgan fingerprint density at radius 1 is 1.17 bits per heavy atom. The molecule has 1 aromatic rings. The highest BCUT2D eigenvalue weighted by molar-refractivity contribution is 5.27. The van der Waals surface area contributed by atoms with Gasteiger partial charge in [-0.15, -0.1) is 0 Å². The molecule has 5 heteroatoms. The molecule has 18 heavy (non-hydrogen) atoms. The van der Waals surface area contributed by atoms with Crippen LogP contribution in [0.4, 0.5) is 13.2 Å². The van der Waals surface area contributed by atoms with Crippen LogP contribution in [0.3, 0.4) is 0 Å². The number of benzene rings is 1. The SMILES string of the molecule is CC(N)CC(CCN)c1ccc(C(F)(F)F)cc1. The number of alkyl halides is 3. The maximum atomic E-state index is 12.4. The van der Waals surface area contributed by atoms with Crippen LogP contribution in [-0.4, -0.2) is 12.6 Å². The minimum absolute atomic E-state index is 0.00356. The predicted octanol–water partition coefficient (Wildman–Crippen LogP) is 2.88. The molecule has 0 saturated heterocycles. The van der Waals surface area contributed by atoms with E-state index in [2.05, 4.69) is 0 Å². The fourth-order valence-electron chi connectivity index (χ4n) is 2.01. The van der Waals surface area contributed by atoms with Gasteiger partial charge in [0, 0.05) is 6.04 Å². The summed E-state index contributed by atoms with van der Waals surface area (Å²) in [5.41, 5.74) is 11.5. The summed E-state index contributed by atoms with van der Waals surface area (Å²) in [6.45, 7) is 2.38. The smallest absolute Gasteiger partial charge is 0.330 e. The minimum Gasteiger partial charge on any atom is -0.330 e. The van der Waals surface area contributed by atoms with Gasteiger partial charge < -0.3 is 11.5 Å². The molecular weight excluding hydrogens is 241 g/mol. The summed E-state index contributed by atoms with van der Waals surface area (Å²) in [4.78, 5) is 0. The topological polar surface area (TPSA) is 52.0 Å². The molecular formula is C13H19F3N2. The largest absolute Gasteiger partial charge is 0.416 e. The highest BCUT2D eigenvalue weighted by Gasteiger charge is 2.30. The standard InChI is InChI=1S/C13H19F3N2/c1-9(18)8-11(6-7-17)10-2-4-12(5-3-10)13(14,15)16/h2-5,9,11H,6-8,17-18H2,1H3. The summed E-state index contributed by atoms with van der Waals surface area (Å²) in [6, 6.07) is 5.26. The van der Waals surface area contributed by atoms with Crippen LogP contribution in [-0.2, 0) is 6.18 Å². The molecule has 0 amide bonds. The van der Waals surface area contributed by atoms with Crippen molar-refractivity contribution in [3.8, 4) is 0 Å². The molecule has 0 spiro atoms. The molecule has 1 aromatic carbocycles. The Hall–Kier alpha value is -1.07. The van der Waals surface area contributed by atoms with Gasteiger partial charge in [0.25, 0.3) is 0 Å². The number of hydrogen-bond donors (Lipinski definition) is 2. The molecule has 0 fully saturated rings. The van der Waals surface area contributed by atoms with Crippen molar-refractivity contribution in [2.75, 3.05) is 6.54 Å². The molecule has 0 aliphatic carbocycles. The van der Waals surface area contributed by atoms with Gasteiger partial charge in [0.2, 0.25) is 0 Å². The molecule has 102 valence electrons. The van der Waals surface area contributed by atoms with E-state index >= 15 is 0 Å². The highest BCUT2D eigenvalue weighted by atomic mass is 19.4. The Morgan fingerprint density at radius 3 is 2.11 bits per heavy atom. The molecule has 2 nitrogen and oxygen atoms in total. The van der Waals surface area contributed by atoms with E-state index in [1.165, 1.54) is 12.1 Å². The summed E-state index contributed by atoms with van der Waals surface area (Å²) in [5.74, 6) is 0.122. The minimum atomic E-state index is -4.29. The summed E-state index contributed by atoms with van der Waals surface area (Å²) >= 11 is 0. The first-order valence-corrected chi connectivity index (χ1v) is 5.97. The van der Waals surface area contributed by atoms with E-state index in [-0.39, 0.29) is 12.0 Å². The fourth-order valence-corrected chi connectivity index (χ4v) is 2.01.